The van der Waals surface area contributed by atoms with Crippen molar-refractivity contribution in [1.29, 1.82) is 0 Å². The lowest BCUT2D eigenvalue weighted by molar-refractivity contribution is -0.131. The quantitative estimate of drug-likeness (QED) is 0.845. The van der Waals surface area contributed by atoms with E-state index in [-0.39, 0.29) is 0 Å². The van der Waals surface area contributed by atoms with Crippen LogP contribution in [-0.2, 0) is 4.79 Å². The second kappa shape index (κ2) is 6.45. The third-order valence-electron chi connectivity index (χ3n) is 3.65. The monoisotopic (exact) mass is 261 g/mol. The number of nitrogens with two attached hydrogens (primary N) is 1. The zero-order valence-corrected chi connectivity index (χ0v) is 11.6. The van der Waals surface area contributed by atoms with Gasteiger partial charge >= 0.3 is 0 Å². The van der Waals surface area contributed by atoms with Gasteiger partial charge in [-0.1, -0.05) is 25.5 Å². The van der Waals surface area contributed by atoms with Crippen LogP contribution < -0.4 is 10.6 Å². The first-order valence-corrected chi connectivity index (χ1v) is 7.09. The van der Waals surface area contributed by atoms with Crippen LogP contribution in [0.25, 0.3) is 0 Å². The first-order chi connectivity index (χ1) is 9.22. The van der Waals surface area contributed by atoms with Crippen molar-refractivity contribution in [2.45, 2.75) is 26.2 Å². The van der Waals surface area contributed by atoms with Crippen LogP contribution in [0.2, 0.25) is 0 Å². The molecule has 0 unspecified atom stereocenters. The SMILES string of the molecule is CCCCC(=O)N1CCN(c2ccccc2N)CC1. The molecule has 1 saturated heterocycles. The number of benzene rings is 1. The average Bonchev–Trinajstić information content (AvgIpc) is 2.45. The maximum absolute atomic E-state index is 11.9. The van der Waals surface area contributed by atoms with Gasteiger partial charge in [0.05, 0.1) is 11.4 Å². The number of anilines is 2. The minimum absolute atomic E-state index is 0.294. The summed E-state index contributed by atoms with van der Waals surface area (Å²) in [4.78, 5) is 16.2. The second-order valence-electron chi connectivity index (χ2n) is 5.03. The Morgan fingerprint density at radius 2 is 1.89 bits per heavy atom. The molecular weight excluding hydrogens is 238 g/mol. The molecule has 1 aliphatic rings. The minimum atomic E-state index is 0.294. The van der Waals surface area contributed by atoms with Crippen molar-refractivity contribution < 1.29 is 4.79 Å². The first-order valence-electron chi connectivity index (χ1n) is 7.09. The van der Waals surface area contributed by atoms with Crippen LogP contribution in [0.1, 0.15) is 26.2 Å². The number of hydrogen-bond donors (Lipinski definition) is 1. The minimum Gasteiger partial charge on any atom is -0.397 e. The standard InChI is InChI=1S/C15H23N3O/c1-2-3-8-15(19)18-11-9-17(10-12-18)14-7-5-4-6-13(14)16/h4-7H,2-3,8-12,16H2,1H3. The maximum atomic E-state index is 11.9. The highest BCUT2D eigenvalue weighted by Crippen LogP contribution is 2.23. The Labute approximate surface area is 115 Å². The molecule has 1 fully saturated rings. The summed E-state index contributed by atoms with van der Waals surface area (Å²) in [5.74, 6) is 0.294. The fraction of sp³-hybridized carbons (Fsp3) is 0.533. The number of carbonyl (C=O) groups excluding carboxylic acids is 1. The summed E-state index contributed by atoms with van der Waals surface area (Å²) in [5.41, 5.74) is 7.89. The van der Waals surface area contributed by atoms with E-state index < -0.39 is 0 Å². The third kappa shape index (κ3) is 3.40. The number of para-hydroxylation sites is 2. The van der Waals surface area contributed by atoms with Crippen LogP contribution in [0.5, 0.6) is 0 Å². The van der Waals surface area contributed by atoms with Crippen molar-refractivity contribution in [3.05, 3.63) is 24.3 Å². The van der Waals surface area contributed by atoms with E-state index in [0.29, 0.717) is 12.3 Å². The van der Waals surface area contributed by atoms with Crippen molar-refractivity contribution in [3.63, 3.8) is 0 Å². The number of piperazine rings is 1. The predicted molar refractivity (Wildman–Crippen MR) is 79.2 cm³/mol. The number of amides is 1. The highest BCUT2D eigenvalue weighted by Gasteiger charge is 2.21. The van der Waals surface area contributed by atoms with Crippen LogP contribution >= 0.6 is 0 Å². The van der Waals surface area contributed by atoms with Gasteiger partial charge in [-0.3, -0.25) is 4.79 Å². The third-order valence-corrected chi connectivity index (χ3v) is 3.65. The zero-order valence-electron chi connectivity index (χ0n) is 11.6. The number of unbranched alkanes of at least 4 members (excludes halogenated alkanes) is 1. The Morgan fingerprint density at radius 1 is 1.21 bits per heavy atom. The van der Waals surface area contributed by atoms with Crippen LogP contribution in [0.15, 0.2) is 24.3 Å². The summed E-state index contributed by atoms with van der Waals surface area (Å²) in [7, 11) is 0. The predicted octanol–water partition coefficient (Wildman–Crippen LogP) is 2.11. The molecular formula is C15H23N3O. The maximum Gasteiger partial charge on any atom is 0.222 e. The summed E-state index contributed by atoms with van der Waals surface area (Å²) >= 11 is 0. The van der Waals surface area contributed by atoms with Crippen molar-refractivity contribution >= 4 is 17.3 Å². The van der Waals surface area contributed by atoms with Crippen molar-refractivity contribution in [3.8, 4) is 0 Å². The van der Waals surface area contributed by atoms with Crippen LogP contribution in [-0.4, -0.2) is 37.0 Å². The van der Waals surface area contributed by atoms with Crippen LogP contribution in [0.3, 0.4) is 0 Å². The highest BCUT2D eigenvalue weighted by atomic mass is 16.2. The lowest BCUT2D eigenvalue weighted by atomic mass is 10.2. The zero-order chi connectivity index (χ0) is 13.7. The molecule has 1 amide bonds. The van der Waals surface area contributed by atoms with Crippen molar-refractivity contribution in [2.75, 3.05) is 36.8 Å². The number of nitrogens with zero attached hydrogens (tertiary/aromatic N) is 2. The van der Waals surface area contributed by atoms with Gasteiger partial charge in [0.15, 0.2) is 0 Å². The Balaban J connectivity index is 1.89. The van der Waals surface area contributed by atoms with Gasteiger partial charge in [-0.05, 0) is 18.6 Å². The molecule has 0 radical (unpaired) electrons. The topological polar surface area (TPSA) is 49.6 Å². The van der Waals surface area contributed by atoms with E-state index in [0.717, 1.165) is 50.4 Å². The lowest BCUT2D eigenvalue weighted by Crippen LogP contribution is -2.48. The summed E-state index contributed by atoms with van der Waals surface area (Å²) in [5, 5.41) is 0. The second-order valence-corrected chi connectivity index (χ2v) is 5.03. The van der Waals surface area contributed by atoms with E-state index in [1.54, 1.807) is 0 Å². The first kappa shape index (κ1) is 13.7. The molecule has 0 bridgehead atoms. The van der Waals surface area contributed by atoms with E-state index in [1.165, 1.54) is 0 Å². The largest absolute Gasteiger partial charge is 0.397 e. The van der Waals surface area contributed by atoms with Crippen molar-refractivity contribution in [2.24, 2.45) is 0 Å². The molecule has 4 nitrogen and oxygen atoms in total. The Hall–Kier alpha value is -1.71. The fourth-order valence-electron chi connectivity index (χ4n) is 2.46. The number of carbonyl (C=O) groups is 1. The van der Waals surface area contributed by atoms with Gasteiger partial charge in [-0.15, -0.1) is 0 Å². The van der Waals surface area contributed by atoms with Gasteiger partial charge in [0.25, 0.3) is 0 Å². The molecule has 2 N–H and O–H groups in total. The molecule has 2 rings (SSSR count). The van der Waals surface area contributed by atoms with Gasteiger partial charge in [0.2, 0.25) is 5.91 Å². The molecule has 0 atom stereocenters. The van der Waals surface area contributed by atoms with E-state index >= 15 is 0 Å². The van der Waals surface area contributed by atoms with Gasteiger partial charge in [0.1, 0.15) is 0 Å². The van der Waals surface area contributed by atoms with Gasteiger partial charge in [-0.2, -0.15) is 0 Å². The van der Waals surface area contributed by atoms with Gasteiger partial charge < -0.3 is 15.5 Å². The molecule has 0 aromatic heterocycles. The Bertz CT molecular complexity index is 425. The Kier molecular flexibility index (Phi) is 4.66. The number of hydrogen-bond acceptors (Lipinski definition) is 3. The highest BCUT2D eigenvalue weighted by molar-refractivity contribution is 5.76. The van der Waals surface area contributed by atoms with Crippen LogP contribution in [0, 0.1) is 0 Å². The molecule has 104 valence electrons. The number of rotatable bonds is 4. The average molecular weight is 261 g/mol. The molecule has 1 aromatic carbocycles. The van der Waals surface area contributed by atoms with Crippen molar-refractivity contribution in [1.82, 2.24) is 4.90 Å². The molecule has 0 spiro atoms. The summed E-state index contributed by atoms with van der Waals surface area (Å²) in [6, 6.07) is 7.92. The molecule has 1 aliphatic heterocycles. The molecule has 4 heteroatoms. The normalized spacial score (nSPS) is 15.6. The summed E-state index contributed by atoms with van der Waals surface area (Å²) < 4.78 is 0. The van der Waals surface area contributed by atoms with E-state index in [9.17, 15) is 4.79 Å². The van der Waals surface area contributed by atoms with E-state index in [4.69, 9.17) is 5.73 Å². The summed E-state index contributed by atoms with van der Waals surface area (Å²) in [6.07, 6.45) is 2.75. The molecule has 1 aromatic rings. The number of nitrogen functional groups attached to an aromatic ring is 1. The molecule has 0 saturated carbocycles. The molecule has 19 heavy (non-hydrogen) atoms. The molecule has 1 heterocycles. The fourth-order valence-corrected chi connectivity index (χ4v) is 2.46. The lowest BCUT2D eigenvalue weighted by Gasteiger charge is -2.36. The van der Waals surface area contributed by atoms with Crippen LogP contribution in [0.4, 0.5) is 11.4 Å². The van der Waals surface area contributed by atoms with Gasteiger partial charge in [0, 0.05) is 32.6 Å². The summed E-state index contributed by atoms with van der Waals surface area (Å²) in [6.45, 7) is 5.45. The molecule has 0 aliphatic carbocycles. The Morgan fingerprint density at radius 3 is 2.53 bits per heavy atom. The van der Waals surface area contributed by atoms with Gasteiger partial charge in [-0.25, -0.2) is 0 Å². The van der Waals surface area contributed by atoms with E-state index in [1.807, 2.05) is 29.2 Å². The van der Waals surface area contributed by atoms with E-state index in [2.05, 4.69) is 11.8 Å². The smallest absolute Gasteiger partial charge is 0.222 e.